The third-order valence-electron chi connectivity index (χ3n) is 3.79. The van der Waals surface area contributed by atoms with E-state index in [4.69, 9.17) is 18.9 Å². The molecule has 0 spiro atoms. The number of aliphatic carboxylic acids is 1. The van der Waals surface area contributed by atoms with Gasteiger partial charge in [0.2, 0.25) is 5.75 Å². The first-order valence-corrected chi connectivity index (χ1v) is 7.80. The number of methoxy groups -OCH3 is 3. The van der Waals surface area contributed by atoms with Crippen molar-refractivity contribution in [1.29, 1.82) is 0 Å². The smallest absolute Gasteiger partial charge is 0.337 e. The second-order valence-electron chi connectivity index (χ2n) is 5.35. The zero-order valence-electron chi connectivity index (χ0n) is 15.0. The predicted molar refractivity (Wildman–Crippen MR) is 94.4 cm³/mol. The van der Waals surface area contributed by atoms with E-state index in [2.05, 4.69) is 0 Å². The van der Waals surface area contributed by atoms with Crippen LogP contribution < -0.4 is 14.2 Å². The Morgan fingerprint density at radius 2 is 1.74 bits per heavy atom. The molecule has 2 aromatic carbocycles. The Morgan fingerprint density at radius 1 is 1.11 bits per heavy atom. The first-order valence-electron chi connectivity index (χ1n) is 7.80. The quantitative estimate of drug-likeness (QED) is 0.523. The maximum absolute atomic E-state index is 11.8. The number of carboxylic acids is 1. The molecule has 0 aromatic heterocycles. The van der Waals surface area contributed by atoms with E-state index >= 15 is 0 Å². The van der Waals surface area contributed by atoms with Crippen molar-refractivity contribution in [2.24, 2.45) is 0 Å². The van der Waals surface area contributed by atoms with Gasteiger partial charge in [-0.25, -0.2) is 4.79 Å². The number of rotatable bonds is 9. The number of ether oxygens (including phenoxy) is 4. The molecule has 0 radical (unpaired) electrons. The van der Waals surface area contributed by atoms with Crippen LogP contribution in [0.3, 0.4) is 0 Å². The molecular weight excluding hydrogens is 358 g/mol. The summed E-state index contributed by atoms with van der Waals surface area (Å²) in [5, 5.41) is 21.2. The van der Waals surface area contributed by atoms with E-state index in [1.54, 1.807) is 30.3 Å². The van der Waals surface area contributed by atoms with Gasteiger partial charge < -0.3 is 24.1 Å². The van der Waals surface area contributed by atoms with E-state index in [1.807, 2.05) is 0 Å². The van der Waals surface area contributed by atoms with Crippen molar-refractivity contribution < 1.29 is 33.8 Å². The minimum absolute atomic E-state index is 0.0372. The Balaban J connectivity index is 2.59. The average Bonchev–Trinajstić information content (AvgIpc) is 2.67. The summed E-state index contributed by atoms with van der Waals surface area (Å²) in [5.41, 5.74) is -0.0561. The van der Waals surface area contributed by atoms with Crippen molar-refractivity contribution in [2.45, 2.75) is 12.7 Å². The van der Waals surface area contributed by atoms with E-state index in [0.717, 1.165) is 6.07 Å². The van der Waals surface area contributed by atoms with E-state index in [0.29, 0.717) is 5.56 Å². The highest BCUT2D eigenvalue weighted by Gasteiger charge is 2.36. The predicted octanol–water partition coefficient (Wildman–Crippen LogP) is 2.96. The first-order chi connectivity index (χ1) is 12.9. The molecule has 0 saturated carbocycles. The van der Waals surface area contributed by atoms with Gasteiger partial charge in [0.15, 0.2) is 17.6 Å². The lowest BCUT2D eigenvalue weighted by atomic mass is 10.0. The van der Waals surface area contributed by atoms with Crippen molar-refractivity contribution in [2.75, 3.05) is 21.3 Å². The number of carbonyl (C=O) groups is 1. The van der Waals surface area contributed by atoms with Gasteiger partial charge in [0.1, 0.15) is 5.56 Å². The van der Waals surface area contributed by atoms with Crippen LogP contribution in [-0.4, -0.2) is 37.3 Å². The normalized spacial score (nSPS) is 11.5. The highest BCUT2D eigenvalue weighted by atomic mass is 16.6. The second-order valence-corrected chi connectivity index (χ2v) is 5.35. The van der Waals surface area contributed by atoms with E-state index in [9.17, 15) is 20.0 Å². The highest BCUT2D eigenvalue weighted by molar-refractivity contribution is 5.80. The van der Waals surface area contributed by atoms with Crippen molar-refractivity contribution in [3.05, 3.63) is 57.6 Å². The van der Waals surface area contributed by atoms with Crippen molar-refractivity contribution >= 4 is 11.7 Å². The molecule has 9 nitrogen and oxygen atoms in total. The maximum atomic E-state index is 11.8. The molecule has 144 valence electrons. The Morgan fingerprint density at radius 3 is 2.22 bits per heavy atom. The number of hydrogen-bond donors (Lipinski definition) is 1. The van der Waals surface area contributed by atoms with Crippen LogP contribution in [0.1, 0.15) is 17.2 Å². The van der Waals surface area contributed by atoms with Gasteiger partial charge in [-0.3, -0.25) is 10.1 Å². The van der Waals surface area contributed by atoms with E-state index in [-0.39, 0.29) is 29.4 Å². The van der Waals surface area contributed by atoms with Crippen LogP contribution in [0.4, 0.5) is 5.69 Å². The minimum Gasteiger partial charge on any atom is -0.492 e. The zero-order chi connectivity index (χ0) is 20.0. The van der Waals surface area contributed by atoms with Crippen molar-refractivity contribution in [3.8, 4) is 17.2 Å². The zero-order valence-corrected chi connectivity index (χ0v) is 15.0. The summed E-state index contributed by atoms with van der Waals surface area (Å²) in [5.74, 6) is -1.46. The molecule has 0 heterocycles. The monoisotopic (exact) mass is 377 g/mol. The molecule has 0 bridgehead atoms. The Hall–Kier alpha value is -3.33. The molecule has 27 heavy (non-hydrogen) atoms. The summed E-state index contributed by atoms with van der Waals surface area (Å²) in [4.78, 5) is 22.7. The molecule has 0 aliphatic heterocycles. The Labute approximate surface area is 155 Å². The summed E-state index contributed by atoms with van der Waals surface area (Å²) >= 11 is 0. The molecule has 0 saturated heterocycles. The lowest BCUT2D eigenvalue weighted by Crippen LogP contribution is -2.18. The van der Waals surface area contributed by atoms with Gasteiger partial charge >= 0.3 is 5.97 Å². The molecule has 1 atom stereocenters. The van der Waals surface area contributed by atoms with Gasteiger partial charge in [-0.1, -0.05) is 30.3 Å². The summed E-state index contributed by atoms with van der Waals surface area (Å²) in [6, 6.07) is 9.93. The summed E-state index contributed by atoms with van der Waals surface area (Å²) < 4.78 is 21.0. The fourth-order valence-electron chi connectivity index (χ4n) is 2.60. The second kappa shape index (κ2) is 8.86. The lowest BCUT2D eigenvalue weighted by molar-refractivity contribution is -0.386. The fourth-order valence-corrected chi connectivity index (χ4v) is 2.60. The molecule has 0 fully saturated rings. The van der Waals surface area contributed by atoms with Gasteiger partial charge in [-0.05, 0) is 5.56 Å². The number of carboxylic acid groups (broad SMARTS) is 1. The topological polar surface area (TPSA) is 117 Å². The molecule has 9 heteroatoms. The lowest BCUT2D eigenvalue weighted by Gasteiger charge is -2.20. The summed E-state index contributed by atoms with van der Waals surface area (Å²) in [6.07, 6.45) is -1.65. The van der Waals surface area contributed by atoms with Gasteiger partial charge in [-0.15, -0.1) is 0 Å². The van der Waals surface area contributed by atoms with Crippen molar-refractivity contribution in [1.82, 2.24) is 0 Å². The largest absolute Gasteiger partial charge is 0.492 e. The van der Waals surface area contributed by atoms with Crippen molar-refractivity contribution in [3.63, 3.8) is 0 Å². The molecule has 0 aliphatic rings. The molecule has 1 unspecified atom stereocenters. The number of nitrogens with zero attached hydrogens (tertiary/aromatic N) is 1. The van der Waals surface area contributed by atoms with Gasteiger partial charge in [0.25, 0.3) is 5.69 Å². The first kappa shape index (κ1) is 20.0. The molecular formula is C18H19NO8. The average molecular weight is 377 g/mol. The molecule has 2 aromatic rings. The Kier molecular flexibility index (Phi) is 6.56. The molecule has 0 aliphatic carbocycles. The number of hydrogen-bond acceptors (Lipinski definition) is 7. The van der Waals surface area contributed by atoms with Crippen LogP contribution in [0.2, 0.25) is 0 Å². The SMILES string of the molecule is COc1cc([N+](=O)[O-])c(C(OCc2ccccc2)C(=O)O)c(OC)c1OC. The standard InChI is InChI=1S/C18H19NO8/c1-24-13-9-12(19(22)23)14(16(26-3)15(13)25-2)17(18(20)21)27-10-11-7-5-4-6-8-11/h4-9,17H,10H2,1-3H3,(H,20,21). The van der Waals surface area contributed by atoms with Crippen LogP contribution >= 0.6 is 0 Å². The van der Waals surface area contributed by atoms with E-state index < -0.39 is 22.7 Å². The summed E-state index contributed by atoms with van der Waals surface area (Å²) in [6.45, 7) is -0.0630. The van der Waals surface area contributed by atoms with Crippen LogP contribution in [0.25, 0.3) is 0 Å². The van der Waals surface area contributed by atoms with Crippen LogP contribution in [0, 0.1) is 10.1 Å². The maximum Gasteiger partial charge on any atom is 0.337 e. The number of nitro groups is 1. The van der Waals surface area contributed by atoms with Gasteiger partial charge in [0, 0.05) is 0 Å². The van der Waals surface area contributed by atoms with E-state index in [1.165, 1.54) is 21.3 Å². The minimum atomic E-state index is -1.65. The third-order valence-corrected chi connectivity index (χ3v) is 3.79. The van der Waals surface area contributed by atoms with Gasteiger partial charge in [0.05, 0.1) is 38.9 Å². The fraction of sp³-hybridized carbons (Fsp3) is 0.278. The van der Waals surface area contributed by atoms with Gasteiger partial charge in [-0.2, -0.15) is 0 Å². The number of nitro benzene ring substituents is 1. The Bertz CT molecular complexity index is 822. The molecule has 2 rings (SSSR count). The third kappa shape index (κ3) is 4.26. The molecule has 0 amide bonds. The summed E-state index contributed by atoms with van der Waals surface area (Å²) in [7, 11) is 3.87. The number of benzene rings is 2. The molecule has 1 N–H and O–H groups in total. The van der Waals surface area contributed by atoms with Crippen LogP contribution in [0.5, 0.6) is 17.2 Å². The van der Waals surface area contributed by atoms with Crippen LogP contribution in [0.15, 0.2) is 36.4 Å². The highest BCUT2D eigenvalue weighted by Crippen LogP contribution is 2.48. The van der Waals surface area contributed by atoms with Crippen LogP contribution in [-0.2, 0) is 16.1 Å².